The molecule has 1 aliphatic rings. The fourth-order valence-corrected chi connectivity index (χ4v) is 3.03. The molecule has 9 heteroatoms. The Kier molecular flexibility index (Phi) is 4.10. The smallest absolute Gasteiger partial charge is 0.328 e. The van der Waals surface area contributed by atoms with Gasteiger partial charge in [0.15, 0.2) is 15.6 Å². The third-order valence-electron chi connectivity index (χ3n) is 3.52. The van der Waals surface area contributed by atoms with E-state index in [0.29, 0.717) is 22.7 Å². The molecule has 1 aromatic carbocycles. The van der Waals surface area contributed by atoms with Crippen molar-refractivity contribution in [3.8, 4) is 5.69 Å². The Hall–Kier alpha value is -1.97. The number of carboxylic acid groups (broad SMARTS) is 1. The molecule has 1 atom stereocenters. The number of nitrogens with one attached hydrogen (secondary N) is 2. The standard InChI is InChI=1S/C13H14N4O3S2/c18-11(19)10-7-20-5-4-16(10)8-2-1-3-9(6-8)17-12(21)14-15-13(17)22/h1-3,6,10H,4-5,7H2,(H,14,21)(H,15,22)(H,18,19). The van der Waals surface area contributed by atoms with Crippen LogP contribution in [0.2, 0.25) is 0 Å². The maximum Gasteiger partial charge on any atom is 0.328 e. The number of aromatic amines is 2. The van der Waals surface area contributed by atoms with E-state index in [4.69, 9.17) is 29.2 Å². The number of morpholine rings is 1. The van der Waals surface area contributed by atoms with Gasteiger partial charge in [0.05, 0.1) is 18.9 Å². The van der Waals surface area contributed by atoms with E-state index in [0.717, 1.165) is 11.4 Å². The van der Waals surface area contributed by atoms with Crippen molar-refractivity contribution < 1.29 is 14.6 Å². The molecule has 1 aliphatic heterocycles. The Morgan fingerprint density at radius 1 is 1.27 bits per heavy atom. The first-order chi connectivity index (χ1) is 10.6. The highest BCUT2D eigenvalue weighted by molar-refractivity contribution is 7.72. The van der Waals surface area contributed by atoms with Gasteiger partial charge in [-0.3, -0.25) is 14.8 Å². The average molecular weight is 338 g/mol. The molecule has 3 rings (SSSR count). The molecule has 1 fully saturated rings. The van der Waals surface area contributed by atoms with Crippen LogP contribution in [0, 0.1) is 9.54 Å². The summed E-state index contributed by atoms with van der Waals surface area (Å²) in [7, 11) is 0. The summed E-state index contributed by atoms with van der Waals surface area (Å²) in [6.07, 6.45) is 0. The predicted molar refractivity (Wildman–Crippen MR) is 85.7 cm³/mol. The lowest BCUT2D eigenvalue weighted by Crippen LogP contribution is -2.50. The topological polar surface area (TPSA) is 86.3 Å². The van der Waals surface area contributed by atoms with Crippen LogP contribution in [0.1, 0.15) is 0 Å². The minimum Gasteiger partial charge on any atom is -0.480 e. The number of anilines is 1. The molecule has 2 heterocycles. The van der Waals surface area contributed by atoms with Crippen LogP contribution in [0.5, 0.6) is 0 Å². The normalized spacial score (nSPS) is 18.4. The van der Waals surface area contributed by atoms with Crippen LogP contribution in [0.15, 0.2) is 24.3 Å². The molecular weight excluding hydrogens is 324 g/mol. The Balaban J connectivity index is 2.02. The van der Waals surface area contributed by atoms with Crippen LogP contribution >= 0.6 is 24.4 Å². The number of rotatable bonds is 3. The number of H-pyrrole nitrogens is 2. The van der Waals surface area contributed by atoms with Crippen LogP contribution in [-0.2, 0) is 9.53 Å². The van der Waals surface area contributed by atoms with Gasteiger partial charge in [-0.1, -0.05) is 6.07 Å². The summed E-state index contributed by atoms with van der Waals surface area (Å²) in [4.78, 5) is 13.2. The third kappa shape index (κ3) is 2.70. The number of hydrogen-bond donors (Lipinski definition) is 3. The van der Waals surface area contributed by atoms with Crippen molar-refractivity contribution in [2.75, 3.05) is 24.7 Å². The lowest BCUT2D eigenvalue weighted by molar-refractivity contribution is -0.141. The van der Waals surface area contributed by atoms with Crippen LogP contribution < -0.4 is 4.90 Å². The van der Waals surface area contributed by atoms with Gasteiger partial charge in [0.25, 0.3) is 0 Å². The molecular formula is C13H14N4O3S2. The molecule has 0 saturated carbocycles. The van der Waals surface area contributed by atoms with Gasteiger partial charge in [0.1, 0.15) is 0 Å². The number of carbonyl (C=O) groups is 1. The number of aliphatic carboxylic acids is 1. The van der Waals surface area contributed by atoms with Gasteiger partial charge in [0.2, 0.25) is 0 Å². The number of hydrogen-bond acceptors (Lipinski definition) is 5. The van der Waals surface area contributed by atoms with Crippen LogP contribution in [0.25, 0.3) is 5.69 Å². The number of aromatic nitrogens is 3. The Labute approximate surface area is 136 Å². The average Bonchev–Trinajstić information content (AvgIpc) is 2.86. The van der Waals surface area contributed by atoms with Crippen molar-refractivity contribution >= 4 is 36.1 Å². The molecule has 0 bridgehead atoms. The summed E-state index contributed by atoms with van der Waals surface area (Å²) in [6, 6.07) is 6.76. The highest BCUT2D eigenvalue weighted by Gasteiger charge is 2.29. The number of ether oxygens (including phenoxy) is 1. The van der Waals surface area contributed by atoms with E-state index < -0.39 is 12.0 Å². The van der Waals surface area contributed by atoms with Crippen LogP contribution in [0.4, 0.5) is 5.69 Å². The second-order valence-electron chi connectivity index (χ2n) is 4.84. The van der Waals surface area contributed by atoms with Gasteiger partial charge in [-0.15, -0.1) is 0 Å². The molecule has 1 unspecified atom stereocenters. The van der Waals surface area contributed by atoms with Crippen molar-refractivity contribution in [2.24, 2.45) is 0 Å². The maximum absolute atomic E-state index is 11.4. The third-order valence-corrected chi connectivity index (χ3v) is 4.08. The van der Waals surface area contributed by atoms with Crippen LogP contribution in [-0.4, -0.2) is 51.6 Å². The zero-order valence-corrected chi connectivity index (χ0v) is 13.1. The van der Waals surface area contributed by atoms with Gasteiger partial charge < -0.3 is 14.7 Å². The molecule has 0 spiro atoms. The SMILES string of the molecule is O=C(O)C1COCCN1c1cccc(-n2c(=S)[nH][nH]c2=S)c1. The first-order valence-corrected chi connectivity index (χ1v) is 7.47. The fraction of sp³-hybridized carbons (Fsp3) is 0.308. The summed E-state index contributed by atoms with van der Waals surface area (Å²) in [6.45, 7) is 1.19. The maximum atomic E-state index is 11.4. The summed E-state index contributed by atoms with van der Waals surface area (Å²) >= 11 is 10.4. The van der Waals surface area contributed by atoms with Gasteiger partial charge in [-0.25, -0.2) is 4.79 Å². The molecule has 116 valence electrons. The Bertz CT molecular complexity index is 782. The van der Waals surface area contributed by atoms with E-state index in [1.54, 1.807) is 4.57 Å². The van der Waals surface area contributed by atoms with E-state index in [-0.39, 0.29) is 6.61 Å². The van der Waals surface area contributed by atoms with E-state index >= 15 is 0 Å². The number of nitrogens with zero attached hydrogens (tertiary/aromatic N) is 2. The van der Waals surface area contributed by atoms with E-state index in [1.807, 2.05) is 29.2 Å². The van der Waals surface area contributed by atoms with E-state index in [1.165, 1.54) is 0 Å². The highest BCUT2D eigenvalue weighted by atomic mass is 32.1. The predicted octanol–water partition coefficient (Wildman–Crippen LogP) is 1.88. The van der Waals surface area contributed by atoms with Crippen LogP contribution in [0.3, 0.4) is 0 Å². The monoisotopic (exact) mass is 338 g/mol. The lowest BCUT2D eigenvalue weighted by atomic mass is 10.1. The number of benzene rings is 1. The van der Waals surface area contributed by atoms with Gasteiger partial charge >= 0.3 is 5.97 Å². The minimum atomic E-state index is -0.902. The molecule has 22 heavy (non-hydrogen) atoms. The van der Waals surface area contributed by atoms with Gasteiger partial charge in [-0.2, -0.15) is 0 Å². The zero-order valence-electron chi connectivity index (χ0n) is 11.5. The molecule has 0 aliphatic carbocycles. The summed E-state index contributed by atoms with van der Waals surface area (Å²) < 4.78 is 7.86. The first kappa shape index (κ1) is 14.9. The summed E-state index contributed by atoms with van der Waals surface area (Å²) in [5, 5.41) is 14.9. The van der Waals surface area contributed by atoms with Crippen molar-refractivity contribution in [3.63, 3.8) is 0 Å². The molecule has 2 aromatic rings. The van der Waals surface area contributed by atoms with Crippen molar-refractivity contribution in [1.29, 1.82) is 0 Å². The molecule has 1 aromatic heterocycles. The van der Waals surface area contributed by atoms with Gasteiger partial charge in [0, 0.05) is 12.2 Å². The van der Waals surface area contributed by atoms with E-state index in [2.05, 4.69) is 10.2 Å². The summed E-state index contributed by atoms with van der Waals surface area (Å²) in [5.41, 5.74) is 1.58. The van der Waals surface area contributed by atoms with Crippen molar-refractivity contribution in [1.82, 2.24) is 14.8 Å². The summed E-state index contributed by atoms with van der Waals surface area (Å²) in [5.74, 6) is -0.902. The number of carboxylic acids is 1. The second-order valence-corrected chi connectivity index (χ2v) is 5.61. The highest BCUT2D eigenvalue weighted by Crippen LogP contribution is 2.23. The Morgan fingerprint density at radius 3 is 2.64 bits per heavy atom. The Morgan fingerprint density at radius 2 is 1.95 bits per heavy atom. The molecule has 0 amide bonds. The quantitative estimate of drug-likeness (QED) is 0.741. The molecule has 3 N–H and O–H groups in total. The van der Waals surface area contributed by atoms with Crippen molar-refractivity contribution in [2.45, 2.75) is 6.04 Å². The molecule has 0 radical (unpaired) electrons. The minimum absolute atomic E-state index is 0.170. The largest absolute Gasteiger partial charge is 0.480 e. The van der Waals surface area contributed by atoms with E-state index in [9.17, 15) is 9.90 Å². The first-order valence-electron chi connectivity index (χ1n) is 6.65. The lowest BCUT2D eigenvalue weighted by Gasteiger charge is -2.34. The van der Waals surface area contributed by atoms with Gasteiger partial charge in [-0.05, 0) is 42.6 Å². The molecule has 1 saturated heterocycles. The fourth-order valence-electron chi connectivity index (χ4n) is 2.47. The zero-order chi connectivity index (χ0) is 15.7. The second kappa shape index (κ2) is 6.03. The molecule has 7 nitrogen and oxygen atoms in total. The van der Waals surface area contributed by atoms with Crippen molar-refractivity contribution in [3.05, 3.63) is 33.8 Å².